The van der Waals surface area contributed by atoms with Gasteiger partial charge in [-0.25, -0.2) is 0 Å². The number of hydrogen-bond acceptors (Lipinski definition) is 3. The van der Waals surface area contributed by atoms with Crippen molar-refractivity contribution in [1.82, 2.24) is 4.98 Å². The quantitative estimate of drug-likeness (QED) is 0.751. The van der Waals surface area contributed by atoms with Crippen LogP contribution in [0.3, 0.4) is 0 Å². The van der Waals surface area contributed by atoms with Gasteiger partial charge < -0.3 is 5.73 Å². The summed E-state index contributed by atoms with van der Waals surface area (Å²) < 4.78 is 0. The topological polar surface area (TPSA) is 38.9 Å². The zero-order chi connectivity index (χ0) is 9.68. The number of pyridine rings is 1. The Morgan fingerprint density at radius 2 is 2.31 bits per heavy atom. The highest BCUT2D eigenvalue weighted by Gasteiger charge is 2.02. The number of nitrogens with zero attached hydrogens (tertiary/aromatic N) is 1. The molecule has 0 aliphatic carbocycles. The lowest BCUT2D eigenvalue weighted by Crippen LogP contribution is -2.02. The van der Waals surface area contributed by atoms with Gasteiger partial charge in [0.1, 0.15) is 0 Å². The van der Waals surface area contributed by atoms with Gasteiger partial charge in [-0.3, -0.25) is 4.98 Å². The SMILES string of the molecule is CC(C)CSc1cccnc1CN. The third-order valence-corrected chi connectivity index (χ3v) is 3.13. The average molecular weight is 196 g/mol. The lowest BCUT2D eigenvalue weighted by atomic mass is 10.3. The minimum absolute atomic E-state index is 0.529. The minimum atomic E-state index is 0.529. The van der Waals surface area contributed by atoms with E-state index in [2.05, 4.69) is 24.9 Å². The first-order valence-electron chi connectivity index (χ1n) is 4.50. The molecule has 0 aliphatic rings. The molecule has 1 aromatic heterocycles. The molecule has 0 atom stereocenters. The lowest BCUT2D eigenvalue weighted by Gasteiger charge is -2.07. The second kappa shape index (κ2) is 5.25. The molecule has 0 saturated heterocycles. The third-order valence-electron chi connectivity index (χ3n) is 1.61. The summed E-state index contributed by atoms with van der Waals surface area (Å²) in [6.07, 6.45) is 1.79. The van der Waals surface area contributed by atoms with E-state index in [-0.39, 0.29) is 0 Å². The maximum absolute atomic E-state index is 5.58. The fourth-order valence-electron chi connectivity index (χ4n) is 0.964. The molecule has 0 aromatic carbocycles. The third kappa shape index (κ3) is 3.36. The van der Waals surface area contributed by atoms with Crippen molar-refractivity contribution in [3.05, 3.63) is 24.0 Å². The van der Waals surface area contributed by atoms with Gasteiger partial charge in [0.05, 0.1) is 5.69 Å². The van der Waals surface area contributed by atoms with Gasteiger partial charge in [0.15, 0.2) is 0 Å². The van der Waals surface area contributed by atoms with E-state index in [0.29, 0.717) is 12.5 Å². The van der Waals surface area contributed by atoms with Crippen molar-refractivity contribution in [1.29, 1.82) is 0 Å². The van der Waals surface area contributed by atoms with Crippen molar-refractivity contribution in [3.8, 4) is 0 Å². The second-order valence-corrected chi connectivity index (χ2v) is 4.42. The molecule has 0 unspecified atom stereocenters. The largest absolute Gasteiger partial charge is 0.325 e. The Balaban J connectivity index is 2.64. The highest BCUT2D eigenvalue weighted by Crippen LogP contribution is 2.22. The summed E-state index contributed by atoms with van der Waals surface area (Å²) in [6, 6.07) is 4.05. The van der Waals surface area contributed by atoms with Crippen LogP contribution in [0, 0.1) is 5.92 Å². The van der Waals surface area contributed by atoms with Gasteiger partial charge in [-0.15, -0.1) is 11.8 Å². The van der Waals surface area contributed by atoms with Crippen LogP contribution < -0.4 is 5.73 Å². The van der Waals surface area contributed by atoms with Crippen LogP contribution in [0.25, 0.3) is 0 Å². The van der Waals surface area contributed by atoms with Crippen molar-refractivity contribution in [2.75, 3.05) is 5.75 Å². The molecule has 0 spiro atoms. The van der Waals surface area contributed by atoms with Gasteiger partial charge in [-0.05, 0) is 18.1 Å². The van der Waals surface area contributed by atoms with Crippen LogP contribution in [0.15, 0.2) is 23.2 Å². The monoisotopic (exact) mass is 196 g/mol. The number of rotatable bonds is 4. The summed E-state index contributed by atoms with van der Waals surface area (Å²) in [5.74, 6) is 1.83. The standard InChI is InChI=1S/C10H16N2S/c1-8(2)7-13-10-4-3-5-12-9(10)6-11/h3-5,8H,6-7,11H2,1-2H3. The van der Waals surface area contributed by atoms with Gasteiger partial charge in [0.2, 0.25) is 0 Å². The molecule has 0 aliphatic heterocycles. The van der Waals surface area contributed by atoms with E-state index in [1.54, 1.807) is 6.20 Å². The van der Waals surface area contributed by atoms with E-state index in [1.165, 1.54) is 4.90 Å². The Labute approximate surface area is 83.9 Å². The van der Waals surface area contributed by atoms with Gasteiger partial charge in [0.25, 0.3) is 0 Å². The zero-order valence-corrected chi connectivity index (χ0v) is 8.97. The molecule has 2 N–H and O–H groups in total. The summed E-state index contributed by atoms with van der Waals surface area (Å²) in [7, 11) is 0. The Bertz CT molecular complexity index is 261. The first-order valence-corrected chi connectivity index (χ1v) is 5.49. The predicted molar refractivity (Wildman–Crippen MR) is 57.7 cm³/mol. The van der Waals surface area contributed by atoms with Gasteiger partial charge in [-0.2, -0.15) is 0 Å². The summed E-state index contributed by atoms with van der Waals surface area (Å²) in [5, 5.41) is 0. The highest BCUT2D eigenvalue weighted by atomic mass is 32.2. The number of aromatic nitrogens is 1. The van der Waals surface area contributed by atoms with Crippen LogP contribution in [0.4, 0.5) is 0 Å². The molecule has 1 aromatic rings. The Morgan fingerprint density at radius 1 is 1.54 bits per heavy atom. The van der Waals surface area contributed by atoms with Crippen molar-refractivity contribution in [2.24, 2.45) is 11.7 Å². The van der Waals surface area contributed by atoms with Gasteiger partial charge in [-0.1, -0.05) is 13.8 Å². The molecule has 1 rings (SSSR count). The van der Waals surface area contributed by atoms with Crippen molar-refractivity contribution in [2.45, 2.75) is 25.3 Å². The summed E-state index contributed by atoms with van der Waals surface area (Å²) in [6.45, 7) is 4.96. The fourth-order valence-corrected chi connectivity index (χ4v) is 1.95. The molecule has 2 nitrogen and oxygen atoms in total. The van der Waals surface area contributed by atoms with Crippen LogP contribution >= 0.6 is 11.8 Å². The molecule has 0 radical (unpaired) electrons. The Kier molecular flexibility index (Phi) is 4.25. The second-order valence-electron chi connectivity index (χ2n) is 3.36. The van der Waals surface area contributed by atoms with Crippen molar-refractivity contribution >= 4 is 11.8 Å². The Morgan fingerprint density at radius 3 is 2.92 bits per heavy atom. The maximum Gasteiger partial charge on any atom is 0.0674 e. The van der Waals surface area contributed by atoms with Crippen LogP contribution in [-0.4, -0.2) is 10.7 Å². The molecule has 0 amide bonds. The molecule has 0 bridgehead atoms. The summed E-state index contributed by atoms with van der Waals surface area (Å²) in [5.41, 5.74) is 6.59. The van der Waals surface area contributed by atoms with Crippen LogP contribution in [0.5, 0.6) is 0 Å². The van der Waals surface area contributed by atoms with Crippen LogP contribution in [-0.2, 0) is 6.54 Å². The number of nitrogens with two attached hydrogens (primary N) is 1. The van der Waals surface area contributed by atoms with E-state index < -0.39 is 0 Å². The molecular formula is C10H16N2S. The number of thioether (sulfide) groups is 1. The lowest BCUT2D eigenvalue weighted by molar-refractivity contribution is 0.749. The first kappa shape index (κ1) is 10.5. The van der Waals surface area contributed by atoms with Gasteiger partial charge >= 0.3 is 0 Å². The van der Waals surface area contributed by atoms with E-state index in [0.717, 1.165) is 11.4 Å². The van der Waals surface area contributed by atoms with Gasteiger partial charge in [0, 0.05) is 23.4 Å². The first-order chi connectivity index (χ1) is 6.24. The Hall–Kier alpha value is -0.540. The van der Waals surface area contributed by atoms with Crippen molar-refractivity contribution < 1.29 is 0 Å². The smallest absolute Gasteiger partial charge is 0.0674 e. The minimum Gasteiger partial charge on any atom is -0.325 e. The van der Waals surface area contributed by atoms with E-state index in [1.807, 2.05) is 17.8 Å². The molecule has 72 valence electrons. The number of hydrogen-bond donors (Lipinski definition) is 1. The van der Waals surface area contributed by atoms with Crippen LogP contribution in [0.2, 0.25) is 0 Å². The zero-order valence-electron chi connectivity index (χ0n) is 8.16. The van der Waals surface area contributed by atoms with E-state index >= 15 is 0 Å². The van der Waals surface area contributed by atoms with Crippen LogP contribution in [0.1, 0.15) is 19.5 Å². The normalized spacial score (nSPS) is 10.8. The predicted octanol–water partition coefficient (Wildman–Crippen LogP) is 2.29. The molecule has 3 heteroatoms. The highest BCUT2D eigenvalue weighted by molar-refractivity contribution is 7.99. The average Bonchev–Trinajstić information content (AvgIpc) is 2.15. The van der Waals surface area contributed by atoms with E-state index in [9.17, 15) is 0 Å². The van der Waals surface area contributed by atoms with Crippen molar-refractivity contribution in [3.63, 3.8) is 0 Å². The maximum atomic E-state index is 5.58. The van der Waals surface area contributed by atoms with E-state index in [4.69, 9.17) is 5.73 Å². The summed E-state index contributed by atoms with van der Waals surface area (Å²) in [4.78, 5) is 5.45. The molecule has 13 heavy (non-hydrogen) atoms. The fraction of sp³-hybridized carbons (Fsp3) is 0.500. The molecule has 0 fully saturated rings. The summed E-state index contributed by atoms with van der Waals surface area (Å²) >= 11 is 1.84. The molecule has 1 heterocycles. The molecule has 0 saturated carbocycles. The molecular weight excluding hydrogens is 180 g/mol.